The van der Waals surface area contributed by atoms with Crippen LogP contribution in [0.25, 0.3) is 10.9 Å². The lowest BCUT2D eigenvalue weighted by atomic mass is 9.88. The third-order valence-corrected chi connectivity index (χ3v) is 6.55. The number of thiophene rings is 1. The molecular weight excluding hydrogens is 402 g/mol. The number of aromatic nitrogens is 1. The minimum atomic E-state index is -0.548. The summed E-state index contributed by atoms with van der Waals surface area (Å²) in [5, 5.41) is 4.09. The molecule has 0 saturated heterocycles. The van der Waals surface area contributed by atoms with Crippen molar-refractivity contribution in [2.24, 2.45) is 11.7 Å². The standard InChI is InChI=1S/C22H23N3O4S/c1-12-6-7-15-17(8-12)30-22(20(15)21(23)28)25-18(26)11-29-19(27)9-13-10-24-16-5-3-2-4-14(13)16/h2-5,10,12,24H,6-9,11H2,1H3,(H2,23,28)(H,25,26). The van der Waals surface area contributed by atoms with Crippen molar-refractivity contribution in [3.05, 3.63) is 52.0 Å². The van der Waals surface area contributed by atoms with Gasteiger partial charge in [0.15, 0.2) is 6.61 Å². The molecular formula is C22H23N3O4S. The zero-order chi connectivity index (χ0) is 21.3. The summed E-state index contributed by atoms with van der Waals surface area (Å²) in [5.41, 5.74) is 8.65. The normalized spacial score (nSPS) is 15.6. The second kappa shape index (κ2) is 8.31. The summed E-state index contributed by atoms with van der Waals surface area (Å²) >= 11 is 1.38. The molecule has 4 rings (SSSR count). The van der Waals surface area contributed by atoms with E-state index >= 15 is 0 Å². The number of aromatic amines is 1. The van der Waals surface area contributed by atoms with E-state index in [4.69, 9.17) is 10.5 Å². The molecule has 156 valence electrons. The highest BCUT2D eigenvalue weighted by molar-refractivity contribution is 7.17. The lowest BCUT2D eigenvalue weighted by molar-refractivity contribution is -0.146. The van der Waals surface area contributed by atoms with Crippen LogP contribution in [-0.2, 0) is 33.6 Å². The molecule has 30 heavy (non-hydrogen) atoms. The number of anilines is 1. The van der Waals surface area contributed by atoms with E-state index in [0.717, 1.165) is 46.2 Å². The summed E-state index contributed by atoms with van der Waals surface area (Å²) in [6.07, 6.45) is 4.47. The average molecular weight is 426 g/mol. The number of H-pyrrole nitrogens is 1. The number of nitrogens with two attached hydrogens (primary N) is 1. The first-order valence-electron chi connectivity index (χ1n) is 9.87. The lowest BCUT2D eigenvalue weighted by Crippen LogP contribution is -2.23. The third kappa shape index (κ3) is 4.09. The van der Waals surface area contributed by atoms with Gasteiger partial charge in [0.2, 0.25) is 0 Å². The zero-order valence-corrected chi connectivity index (χ0v) is 17.4. The number of nitrogens with one attached hydrogen (secondary N) is 2. The monoisotopic (exact) mass is 425 g/mol. The van der Waals surface area contributed by atoms with E-state index in [9.17, 15) is 14.4 Å². The van der Waals surface area contributed by atoms with Gasteiger partial charge in [0.1, 0.15) is 5.00 Å². The van der Waals surface area contributed by atoms with Gasteiger partial charge in [0.05, 0.1) is 12.0 Å². The first-order chi connectivity index (χ1) is 14.4. The Balaban J connectivity index is 1.38. The van der Waals surface area contributed by atoms with Crippen molar-refractivity contribution in [3.63, 3.8) is 0 Å². The molecule has 4 N–H and O–H groups in total. The first kappa shape index (κ1) is 20.2. The highest BCUT2D eigenvalue weighted by Crippen LogP contribution is 2.39. The Morgan fingerprint density at radius 3 is 2.90 bits per heavy atom. The largest absolute Gasteiger partial charge is 0.455 e. The molecule has 7 nitrogen and oxygen atoms in total. The summed E-state index contributed by atoms with van der Waals surface area (Å²) in [6.45, 7) is 1.75. The molecule has 0 aliphatic heterocycles. The van der Waals surface area contributed by atoms with Crippen molar-refractivity contribution >= 4 is 45.0 Å². The van der Waals surface area contributed by atoms with Gasteiger partial charge in [-0.05, 0) is 42.4 Å². The quantitative estimate of drug-likeness (QED) is 0.526. The maximum atomic E-state index is 12.3. The number of esters is 1. The van der Waals surface area contributed by atoms with E-state index in [1.54, 1.807) is 6.20 Å². The highest BCUT2D eigenvalue weighted by atomic mass is 32.1. The number of amides is 2. The van der Waals surface area contributed by atoms with Gasteiger partial charge in [-0.25, -0.2) is 0 Å². The summed E-state index contributed by atoms with van der Waals surface area (Å²) in [6, 6.07) is 7.66. The number of rotatable bonds is 6. The number of carbonyl (C=O) groups excluding carboxylic acids is 3. The molecule has 1 atom stereocenters. The van der Waals surface area contributed by atoms with Crippen molar-refractivity contribution < 1.29 is 19.1 Å². The SMILES string of the molecule is CC1CCc2c(sc(NC(=O)COC(=O)Cc3c[nH]c4ccccc34)c2C(N)=O)C1. The van der Waals surface area contributed by atoms with Gasteiger partial charge in [0, 0.05) is 22.0 Å². The van der Waals surface area contributed by atoms with Crippen molar-refractivity contribution in [1.82, 2.24) is 4.98 Å². The fourth-order valence-corrected chi connectivity index (χ4v) is 5.32. The Bertz CT molecular complexity index is 1130. The van der Waals surface area contributed by atoms with Crippen LogP contribution in [0.2, 0.25) is 0 Å². The van der Waals surface area contributed by atoms with Gasteiger partial charge >= 0.3 is 5.97 Å². The van der Waals surface area contributed by atoms with Gasteiger partial charge in [-0.2, -0.15) is 0 Å². The topological polar surface area (TPSA) is 114 Å². The molecule has 1 unspecified atom stereocenters. The van der Waals surface area contributed by atoms with E-state index in [-0.39, 0.29) is 6.42 Å². The number of primary amides is 1. The molecule has 0 fully saturated rings. The molecule has 8 heteroatoms. The first-order valence-corrected chi connectivity index (χ1v) is 10.7. The van der Waals surface area contributed by atoms with Crippen LogP contribution in [0.4, 0.5) is 5.00 Å². The van der Waals surface area contributed by atoms with Gasteiger partial charge in [-0.1, -0.05) is 25.1 Å². The maximum Gasteiger partial charge on any atom is 0.310 e. The predicted octanol–water partition coefficient (Wildman–Crippen LogP) is 3.18. The fraction of sp³-hybridized carbons (Fsp3) is 0.318. The maximum absolute atomic E-state index is 12.3. The molecule has 3 aromatic rings. The molecule has 2 heterocycles. The Labute approximate surface area is 177 Å². The van der Waals surface area contributed by atoms with Crippen LogP contribution in [0.15, 0.2) is 30.5 Å². The second-order valence-electron chi connectivity index (χ2n) is 7.67. The molecule has 2 aromatic heterocycles. The number of hydrogen-bond donors (Lipinski definition) is 3. The predicted molar refractivity (Wildman–Crippen MR) is 116 cm³/mol. The summed E-state index contributed by atoms with van der Waals surface area (Å²) in [4.78, 5) is 40.7. The zero-order valence-electron chi connectivity index (χ0n) is 16.6. The van der Waals surface area contributed by atoms with Gasteiger partial charge in [0.25, 0.3) is 11.8 Å². The molecule has 2 amide bonds. The Hall–Kier alpha value is -3.13. The third-order valence-electron chi connectivity index (χ3n) is 5.38. The minimum Gasteiger partial charge on any atom is -0.455 e. The molecule has 1 aliphatic carbocycles. The number of hydrogen-bond acceptors (Lipinski definition) is 5. The van der Waals surface area contributed by atoms with Crippen LogP contribution in [0.3, 0.4) is 0 Å². The smallest absolute Gasteiger partial charge is 0.310 e. The van der Waals surface area contributed by atoms with Crippen molar-refractivity contribution in [2.75, 3.05) is 11.9 Å². The Kier molecular flexibility index (Phi) is 5.59. The van der Waals surface area contributed by atoms with E-state index in [2.05, 4.69) is 17.2 Å². The lowest BCUT2D eigenvalue weighted by Gasteiger charge is -2.18. The molecule has 0 spiro atoms. The van der Waals surface area contributed by atoms with Gasteiger partial charge in [-0.15, -0.1) is 11.3 Å². The van der Waals surface area contributed by atoms with Crippen LogP contribution in [-0.4, -0.2) is 29.4 Å². The van der Waals surface area contributed by atoms with Crippen molar-refractivity contribution in [3.8, 4) is 0 Å². The molecule has 0 saturated carbocycles. The van der Waals surface area contributed by atoms with Crippen molar-refractivity contribution in [1.29, 1.82) is 0 Å². The highest BCUT2D eigenvalue weighted by Gasteiger charge is 2.27. The van der Waals surface area contributed by atoms with E-state index in [1.165, 1.54) is 11.3 Å². The Morgan fingerprint density at radius 2 is 2.10 bits per heavy atom. The molecule has 1 aromatic carbocycles. The Morgan fingerprint density at radius 1 is 1.30 bits per heavy atom. The molecule has 1 aliphatic rings. The number of para-hydroxylation sites is 1. The second-order valence-corrected chi connectivity index (χ2v) is 8.77. The number of benzene rings is 1. The number of fused-ring (bicyclic) bond motifs is 2. The van der Waals surface area contributed by atoms with E-state index < -0.39 is 24.4 Å². The summed E-state index contributed by atoms with van der Waals surface area (Å²) in [5.74, 6) is -1.000. The van der Waals surface area contributed by atoms with Crippen LogP contribution in [0, 0.1) is 5.92 Å². The minimum absolute atomic E-state index is 0.0645. The van der Waals surface area contributed by atoms with Crippen LogP contribution in [0.5, 0.6) is 0 Å². The van der Waals surface area contributed by atoms with Crippen LogP contribution >= 0.6 is 11.3 Å². The number of ether oxygens (including phenoxy) is 1. The van der Waals surface area contributed by atoms with E-state index in [1.807, 2.05) is 24.3 Å². The summed E-state index contributed by atoms with van der Waals surface area (Å²) in [7, 11) is 0. The fourth-order valence-electron chi connectivity index (χ4n) is 3.89. The van der Waals surface area contributed by atoms with Crippen LogP contribution in [0.1, 0.15) is 39.7 Å². The molecule has 0 bridgehead atoms. The summed E-state index contributed by atoms with van der Waals surface area (Å²) < 4.78 is 5.14. The number of carbonyl (C=O) groups is 3. The van der Waals surface area contributed by atoms with Crippen molar-refractivity contribution in [2.45, 2.75) is 32.6 Å². The van der Waals surface area contributed by atoms with Gasteiger partial charge < -0.3 is 20.8 Å². The van der Waals surface area contributed by atoms with Gasteiger partial charge in [-0.3, -0.25) is 14.4 Å². The van der Waals surface area contributed by atoms with E-state index in [0.29, 0.717) is 16.5 Å². The van der Waals surface area contributed by atoms with Crippen LogP contribution < -0.4 is 11.1 Å². The average Bonchev–Trinajstić information content (AvgIpc) is 3.27. The molecule has 0 radical (unpaired) electrons.